The van der Waals surface area contributed by atoms with Crippen LogP contribution in [0.4, 0.5) is 0 Å². The number of hydrogen-bond acceptors (Lipinski definition) is 5. The van der Waals surface area contributed by atoms with Crippen LogP contribution in [-0.4, -0.2) is 30.5 Å². The molecule has 0 saturated heterocycles. The summed E-state index contributed by atoms with van der Waals surface area (Å²) in [5.74, 6) is -0.0689. The van der Waals surface area contributed by atoms with Crippen LogP contribution in [0.5, 0.6) is 0 Å². The molecule has 6 atom stereocenters. The zero-order chi connectivity index (χ0) is 32.1. The maximum Gasteiger partial charge on any atom is 0.115 e. The Kier molecular flexibility index (Phi) is 12.0. The van der Waals surface area contributed by atoms with E-state index in [9.17, 15) is 0 Å². The molecule has 5 nitrogen and oxygen atoms in total. The van der Waals surface area contributed by atoms with Crippen molar-refractivity contribution in [3.63, 3.8) is 0 Å². The fourth-order valence-electron chi connectivity index (χ4n) is 6.24. The molecule has 1 fully saturated rings. The largest absolute Gasteiger partial charge is 0.370 e. The van der Waals surface area contributed by atoms with Crippen LogP contribution < -0.4 is 0 Å². The summed E-state index contributed by atoms with van der Waals surface area (Å²) < 4.78 is 34.2. The lowest BCUT2D eigenvalue weighted by atomic mass is 9.78. The first-order chi connectivity index (χ1) is 23.2. The summed E-state index contributed by atoms with van der Waals surface area (Å²) in [6.45, 7) is 4.36. The zero-order valence-electron chi connectivity index (χ0n) is 27.0. The molecular weight excluding hydrogens is 584 g/mol. The lowest BCUT2D eigenvalue weighted by Gasteiger charge is -2.49. The topological polar surface area (TPSA) is 46.2 Å². The Hall–Kier alpha value is -4.10. The molecule has 0 heterocycles. The third kappa shape index (κ3) is 9.25. The molecule has 1 aliphatic rings. The summed E-state index contributed by atoms with van der Waals surface area (Å²) in [4.78, 5) is 0. The van der Waals surface area contributed by atoms with Gasteiger partial charge in [-0.05, 0) is 27.8 Å². The van der Waals surface area contributed by atoms with Crippen LogP contribution >= 0.6 is 0 Å². The molecule has 0 N–H and O–H groups in total. The van der Waals surface area contributed by atoms with Crippen molar-refractivity contribution in [2.45, 2.75) is 70.5 Å². The molecule has 0 aliphatic heterocycles. The second-order valence-electron chi connectivity index (χ2n) is 12.2. The third-order valence-electron chi connectivity index (χ3n) is 8.76. The van der Waals surface area contributed by atoms with E-state index in [2.05, 4.69) is 67.6 Å². The average molecular weight is 629 g/mol. The summed E-state index contributed by atoms with van der Waals surface area (Å²) in [7, 11) is 0. The molecule has 0 aromatic heterocycles. The van der Waals surface area contributed by atoms with Crippen molar-refractivity contribution in [1.29, 1.82) is 0 Å². The molecule has 0 spiro atoms. The van der Waals surface area contributed by atoms with Gasteiger partial charge in [0.2, 0.25) is 0 Å². The summed E-state index contributed by atoms with van der Waals surface area (Å²) in [5, 5.41) is 0. The molecular formula is C42H44O5. The fourth-order valence-corrected chi connectivity index (χ4v) is 6.24. The van der Waals surface area contributed by atoms with Crippen LogP contribution in [0.1, 0.15) is 34.7 Å². The van der Waals surface area contributed by atoms with Gasteiger partial charge in [0.1, 0.15) is 18.3 Å². The summed E-state index contributed by atoms with van der Waals surface area (Å²) in [5.41, 5.74) is 5.47. The highest BCUT2D eigenvalue weighted by molar-refractivity contribution is 5.18. The van der Waals surface area contributed by atoms with Gasteiger partial charge in [-0.2, -0.15) is 0 Å². The second-order valence-corrected chi connectivity index (χ2v) is 12.2. The van der Waals surface area contributed by atoms with E-state index in [1.807, 2.05) is 91.0 Å². The van der Waals surface area contributed by atoms with Crippen molar-refractivity contribution >= 4 is 0 Å². The molecule has 5 aromatic carbocycles. The SMILES string of the molecule is CC1[C@@H](OCc2ccccc2)[C@H](OCc2ccccc2)C(OCc2ccccc2)[C@H](OCc2ccccc2)[C@@H]1OCc1ccccc1. The first-order valence-corrected chi connectivity index (χ1v) is 16.5. The van der Waals surface area contributed by atoms with Crippen LogP contribution in [0.2, 0.25) is 0 Å². The highest BCUT2D eigenvalue weighted by Gasteiger charge is 2.52. The van der Waals surface area contributed by atoms with Crippen LogP contribution in [0.15, 0.2) is 152 Å². The zero-order valence-corrected chi connectivity index (χ0v) is 27.0. The molecule has 6 rings (SSSR count). The normalized spacial score (nSPS) is 22.6. The van der Waals surface area contributed by atoms with Crippen molar-refractivity contribution < 1.29 is 23.7 Å². The Morgan fingerprint density at radius 2 is 0.489 bits per heavy atom. The van der Waals surface area contributed by atoms with Gasteiger partial charge in [0.05, 0.1) is 45.2 Å². The number of rotatable bonds is 15. The predicted molar refractivity (Wildman–Crippen MR) is 184 cm³/mol. The maximum absolute atomic E-state index is 6.87. The Balaban J connectivity index is 1.35. The second kappa shape index (κ2) is 17.2. The Morgan fingerprint density at radius 1 is 0.298 bits per heavy atom. The fraction of sp³-hybridized carbons (Fsp3) is 0.286. The lowest BCUT2D eigenvalue weighted by Crippen LogP contribution is -2.63. The van der Waals surface area contributed by atoms with Crippen molar-refractivity contribution in [2.24, 2.45) is 5.92 Å². The first-order valence-electron chi connectivity index (χ1n) is 16.5. The number of hydrogen-bond donors (Lipinski definition) is 0. The average Bonchev–Trinajstić information content (AvgIpc) is 3.14. The summed E-state index contributed by atoms with van der Waals surface area (Å²) in [6, 6.07) is 51.3. The third-order valence-corrected chi connectivity index (χ3v) is 8.76. The highest BCUT2D eigenvalue weighted by atomic mass is 16.6. The van der Waals surface area contributed by atoms with Gasteiger partial charge in [-0.3, -0.25) is 0 Å². The van der Waals surface area contributed by atoms with E-state index >= 15 is 0 Å². The standard InChI is InChI=1S/C42H44O5/c1-32-38(43-27-33-17-7-2-8-18-33)40(45-29-35-21-11-4-12-22-35)42(47-31-37-25-15-6-16-26-37)41(46-30-36-23-13-5-14-24-36)39(32)44-28-34-19-9-3-10-20-34/h2-26,32,38-42H,27-31H2,1H3/t32?,38-,39-,40-,41+,42?/m1/s1. The van der Waals surface area contributed by atoms with Crippen LogP contribution in [0.3, 0.4) is 0 Å². The van der Waals surface area contributed by atoms with Gasteiger partial charge in [-0.1, -0.05) is 159 Å². The maximum atomic E-state index is 6.87. The summed E-state index contributed by atoms with van der Waals surface area (Å²) in [6.07, 6.45) is -1.96. The van der Waals surface area contributed by atoms with Gasteiger partial charge in [0.15, 0.2) is 0 Å². The Bertz CT molecular complexity index is 1470. The number of benzene rings is 5. The van der Waals surface area contributed by atoms with Crippen molar-refractivity contribution in [3.8, 4) is 0 Å². The molecule has 1 saturated carbocycles. The molecule has 5 heteroatoms. The monoisotopic (exact) mass is 628 g/mol. The van der Waals surface area contributed by atoms with Crippen LogP contribution in [-0.2, 0) is 56.7 Å². The summed E-state index contributed by atoms with van der Waals surface area (Å²) >= 11 is 0. The van der Waals surface area contributed by atoms with Crippen molar-refractivity contribution in [3.05, 3.63) is 179 Å². The molecule has 2 unspecified atom stereocenters. The predicted octanol–water partition coefficient (Wildman–Crippen LogP) is 8.56. The van der Waals surface area contributed by atoms with Gasteiger partial charge in [-0.15, -0.1) is 0 Å². The van der Waals surface area contributed by atoms with Gasteiger partial charge in [0.25, 0.3) is 0 Å². The smallest absolute Gasteiger partial charge is 0.115 e. The van der Waals surface area contributed by atoms with Gasteiger partial charge >= 0.3 is 0 Å². The van der Waals surface area contributed by atoms with Gasteiger partial charge in [-0.25, -0.2) is 0 Å². The van der Waals surface area contributed by atoms with Crippen molar-refractivity contribution in [2.75, 3.05) is 0 Å². The molecule has 0 amide bonds. The van der Waals surface area contributed by atoms with Gasteiger partial charge < -0.3 is 23.7 Å². The van der Waals surface area contributed by atoms with Crippen LogP contribution in [0, 0.1) is 5.92 Å². The Labute approximate surface area is 279 Å². The minimum absolute atomic E-state index is 0.0689. The van der Waals surface area contributed by atoms with E-state index in [-0.39, 0.29) is 18.1 Å². The molecule has 242 valence electrons. The van der Waals surface area contributed by atoms with E-state index in [1.54, 1.807) is 0 Å². The first kappa shape index (κ1) is 32.8. The number of ether oxygens (including phenoxy) is 5. The minimum atomic E-state index is -0.472. The molecule has 47 heavy (non-hydrogen) atoms. The minimum Gasteiger partial charge on any atom is -0.370 e. The highest BCUT2D eigenvalue weighted by Crippen LogP contribution is 2.38. The van der Waals surface area contributed by atoms with E-state index in [0.717, 1.165) is 27.8 Å². The molecule has 5 aromatic rings. The van der Waals surface area contributed by atoms with Crippen molar-refractivity contribution in [1.82, 2.24) is 0 Å². The van der Waals surface area contributed by atoms with Gasteiger partial charge in [0, 0.05) is 5.92 Å². The molecule has 1 aliphatic carbocycles. The molecule has 0 bridgehead atoms. The van der Waals surface area contributed by atoms with E-state index in [4.69, 9.17) is 23.7 Å². The van der Waals surface area contributed by atoms with E-state index in [0.29, 0.717) is 33.0 Å². The van der Waals surface area contributed by atoms with E-state index < -0.39 is 18.3 Å². The Morgan fingerprint density at radius 3 is 0.723 bits per heavy atom. The van der Waals surface area contributed by atoms with Crippen LogP contribution in [0.25, 0.3) is 0 Å². The quantitative estimate of drug-likeness (QED) is 0.116. The molecule has 0 radical (unpaired) electrons. The lowest BCUT2D eigenvalue weighted by molar-refractivity contribution is -0.268. The van der Waals surface area contributed by atoms with E-state index in [1.165, 1.54) is 0 Å².